The quantitative estimate of drug-likeness (QED) is 0.275. The monoisotopic (exact) mass is 467 g/mol. The lowest BCUT2D eigenvalue weighted by Crippen LogP contribution is -2.25. The van der Waals surface area contributed by atoms with Crippen molar-refractivity contribution in [1.82, 2.24) is 4.72 Å². The van der Waals surface area contributed by atoms with Crippen LogP contribution in [0.5, 0.6) is 11.5 Å². The van der Waals surface area contributed by atoms with Crippen LogP contribution < -0.4 is 19.5 Å². The van der Waals surface area contributed by atoms with Crippen LogP contribution in [0.2, 0.25) is 0 Å². The third kappa shape index (κ3) is 6.39. The van der Waals surface area contributed by atoms with Crippen molar-refractivity contribution in [3.63, 3.8) is 0 Å². The summed E-state index contributed by atoms with van der Waals surface area (Å²) in [7, 11) is -1.05. The molecule has 0 bridgehead atoms. The summed E-state index contributed by atoms with van der Waals surface area (Å²) >= 11 is 0. The molecule has 0 radical (unpaired) electrons. The van der Waals surface area contributed by atoms with Crippen LogP contribution in [0.4, 0.5) is 11.4 Å². The number of ether oxygens (including phenoxy) is 3. The molecule has 0 heterocycles. The number of hydrogen-bond acceptors (Lipinski definition) is 8. The lowest BCUT2D eigenvalue weighted by molar-refractivity contribution is -0.385. The van der Waals surface area contributed by atoms with Gasteiger partial charge >= 0.3 is 0 Å². The SMILES string of the molecule is CCOCCCNS(=O)(=O)c1ccc(NC(=O)c2cc(OC)c(OC)cc2[N+](=O)[O-])cc1. The summed E-state index contributed by atoms with van der Waals surface area (Å²) in [6.07, 6.45) is 0.533. The lowest BCUT2D eigenvalue weighted by Gasteiger charge is -2.11. The van der Waals surface area contributed by atoms with E-state index in [0.717, 1.165) is 6.07 Å². The molecule has 2 N–H and O–H groups in total. The Morgan fingerprint density at radius 1 is 1.09 bits per heavy atom. The first-order chi connectivity index (χ1) is 15.2. The standard InChI is InChI=1S/C20H25N3O8S/c1-4-31-11-5-10-21-32(27,28)15-8-6-14(7-9-15)22-20(24)16-12-18(29-2)19(30-3)13-17(16)23(25)26/h6-9,12-13,21H,4-5,10-11H2,1-3H3,(H,22,24). The van der Waals surface area contributed by atoms with E-state index in [4.69, 9.17) is 14.2 Å². The van der Waals surface area contributed by atoms with Crippen LogP contribution in [0.3, 0.4) is 0 Å². The van der Waals surface area contributed by atoms with E-state index >= 15 is 0 Å². The van der Waals surface area contributed by atoms with Crippen molar-refractivity contribution >= 4 is 27.3 Å². The van der Waals surface area contributed by atoms with Crippen LogP contribution in [0.15, 0.2) is 41.3 Å². The van der Waals surface area contributed by atoms with Crippen LogP contribution >= 0.6 is 0 Å². The van der Waals surface area contributed by atoms with E-state index in [9.17, 15) is 23.3 Å². The van der Waals surface area contributed by atoms with Gasteiger partial charge < -0.3 is 19.5 Å². The fraction of sp³-hybridized carbons (Fsp3) is 0.350. The summed E-state index contributed by atoms with van der Waals surface area (Å²) in [6, 6.07) is 7.73. The van der Waals surface area contributed by atoms with Crippen LogP contribution in [0.25, 0.3) is 0 Å². The van der Waals surface area contributed by atoms with Crippen molar-refractivity contribution in [2.45, 2.75) is 18.2 Å². The van der Waals surface area contributed by atoms with Gasteiger partial charge in [0.15, 0.2) is 11.5 Å². The number of carbonyl (C=O) groups is 1. The van der Waals surface area contributed by atoms with Gasteiger partial charge in [0.2, 0.25) is 10.0 Å². The normalized spacial score (nSPS) is 11.1. The third-order valence-electron chi connectivity index (χ3n) is 4.33. The molecule has 0 aliphatic carbocycles. The van der Waals surface area contributed by atoms with Gasteiger partial charge in [0.05, 0.1) is 30.1 Å². The summed E-state index contributed by atoms with van der Waals surface area (Å²) in [6.45, 7) is 3.09. The molecule has 12 heteroatoms. The van der Waals surface area contributed by atoms with Gasteiger partial charge in [0.1, 0.15) is 5.56 Å². The molecule has 2 aromatic rings. The molecule has 0 atom stereocenters. The smallest absolute Gasteiger partial charge is 0.286 e. The average molecular weight is 468 g/mol. The van der Waals surface area contributed by atoms with Crippen LogP contribution in [-0.2, 0) is 14.8 Å². The highest BCUT2D eigenvalue weighted by Crippen LogP contribution is 2.34. The van der Waals surface area contributed by atoms with Gasteiger partial charge in [-0.3, -0.25) is 14.9 Å². The molecule has 0 unspecified atom stereocenters. The summed E-state index contributed by atoms with van der Waals surface area (Å²) in [5.74, 6) is -0.499. The fourth-order valence-corrected chi connectivity index (χ4v) is 3.80. The number of rotatable bonds is 12. The molecule has 0 spiro atoms. The van der Waals surface area contributed by atoms with Crippen molar-refractivity contribution in [3.05, 3.63) is 52.1 Å². The molecule has 174 valence electrons. The second kappa shape index (κ2) is 11.4. The van der Waals surface area contributed by atoms with Crippen molar-refractivity contribution in [3.8, 4) is 11.5 Å². The predicted octanol–water partition coefficient (Wildman–Crippen LogP) is 2.57. The highest BCUT2D eigenvalue weighted by Gasteiger charge is 2.25. The van der Waals surface area contributed by atoms with E-state index < -0.39 is 26.5 Å². The number of nitro groups is 1. The Kier molecular flexibility index (Phi) is 8.93. The molecule has 0 aliphatic heterocycles. The van der Waals surface area contributed by atoms with Gasteiger partial charge in [0.25, 0.3) is 11.6 Å². The van der Waals surface area contributed by atoms with E-state index in [2.05, 4.69) is 10.0 Å². The Balaban J connectivity index is 2.15. The Morgan fingerprint density at radius 2 is 1.72 bits per heavy atom. The Bertz CT molecular complexity index is 1060. The summed E-state index contributed by atoms with van der Waals surface area (Å²) in [5.41, 5.74) is -0.440. The molecule has 1 amide bonds. The number of nitrogens with zero attached hydrogens (tertiary/aromatic N) is 1. The number of anilines is 1. The number of nitro benzene ring substituents is 1. The Morgan fingerprint density at radius 3 is 2.28 bits per heavy atom. The highest BCUT2D eigenvalue weighted by atomic mass is 32.2. The topological polar surface area (TPSA) is 146 Å². The molecular weight excluding hydrogens is 442 g/mol. The first kappa shape index (κ1) is 25.0. The number of benzene rings is 2. The number of hydrogen-bond donors (Lipinski definition) is 2. The minimum atomic E-state index is -3.72. The number of amides is 1. The van der Waals surface area contributed by atoms with Gasteiger partial charge in [0, 0.05) is 31.5 Å². The average Bonchev–Trinajstić information content (AvgIpc) is 2.78. The molecular formula is C20H25N3O8S. The second-order valence-corrected chi connectivity index (χ2v) is 8.18. The van der Waals surface area contributed by atoms with E-state index in [-0.39, 0.29) is 34.2 Å². The zero-order chi connectivity index (χ0) is 23.7. The highest BCUT2D eigenvalue weighted by molar-refractivity contribution is 7.89. The molecule has 0 fully saturated rings. The number of carbonyl (C=O) groups excluding carboxylic acids is 1. The molecule has 0 aliphatic rings. The van der Waals surface area contributed by atoms with Crippen molar-refractivity contribution < 1.29 is 32.3 Å². The Labute approximate surface area is 185 Å². The summed E-state index contributed by atoms with van der Waals surface area (Å²) < 4.78 is 42.4. The van der Waals surface area contributed by atoms with Crippen LogP contribution in [-0.4, -0.2) is 53.2 Å². The fourth-order valence-electron chi connectivity index (χ4n) is 2.73. The van der Waals surface area contributed by atoms with E-state index in [1.807, 2.05) is 6.92 Å². The molecule has 0 saturated carbocycles. The molecule has 2 rings (SSSR count). The van der Waals surface area contributed by atoms with Gasteiger partial charge in [-0.05, 0) is 37.6 Å². The van der Waals surface area contributed by atoms with Gasteiger partial charge in [-0.15, -0.1) is 0 Å². The summed E-state index contributed by atoms with van der Waals surface area (Å²) in [4.78, 5) is 23.4. The first-order valence-electron chi connectivity index (χ1n) is 9.62. The van der Waals surface area contributed by atoms with Crippen molar-refractivity contribution in [2.24, 2.45) is 0 Å². The zero-order valence-corrected chi connectivity index (χ0v) is 18.7. The van der Waals surface area contributed by atoms with Crippen molar-refractivity contribution in [2.75, 3.05) is 39.3 Å². The van der Waals surface area contributed by atoms with Crippen molar-refractivity contribution in [1.29, 1.82) is 0 Å². The minimum absolute atomic E-state index is 0.0176. The predicted molar refractivity (Wildman–Crippen MR) is 117 cm³/mol. The Hall–Kier alpha value is -3.22. The second-order valence-electron chi connectivity index (χ2n) is 6.41. The van der Waals surface area contributed by atoms with Crippen LogP contribution in [0, 0.1) is 10.1 Å². The molecule has 32 heavy (non-hydrogen) atoms. The number of methoxy groups -OCH3 is 2. The maximum Gasteiger partial charge on any atom is 0.286 e. The molecule has 0 aromatic heterocycles. The third-order valence-corrected chi connectivity index (χ3v) is 5.80. The van der Waals surface area contributed by atoms with Gasteiger partial charge in [-0.25, -0.2) is 13.1 Å². The van der Waals surface area contributed by atoms with E-state index in [1.165, 1.54) is 44.6 Å². The maximum absolute atomic E-state index is 12.7. The largest absolute Gasteiger partial charge is 0.493 e. The zero-order valence-electron chi connectivity index (χ0n) is 17.9. The van der Waals surface area contributed by atoms with E-state index in [0.29, 0.717) is 19.6 Å². The van der Waals surface area contributed by atoms with E-state index in [1.54, 1.807) is 0 Å². The maximum atomic E-state index is 12.7. The number of sulfonamides is 1. The minimum Gasteiger partial charge on any atom is -0.493 e. The summed E-state index contributed by atoms with van der Waals surface area (Å²) in [5, 5.41) is 13.9. The molecule has 2 aromatic carbocycles. The number of nitrogens with one attached hydrogen (secondary N) is 2. The first-order valence-corrected chi connectivity index (χ1v) is 11.1. The molecule has 0 saturated heterocycles. The van der Waals surface area contributed by atoms with Gasteiger partial charge in [-0.1, -0.05) is 0 Å². The van der Waals surface area contributed by atoms with Gasteiger partial charge in [-0.2, -0.15) is 0 Å². The lowest BCUT2D eigenvalue weighted by atomic mass is 10.1. The van der Waals surface area contributed by atoms with Crippen LogP contribution in [0.1, 0.15) is 23.7 Å². The molecule has 11 nitrogen and oxygen atoms in total.